The van der Waals surface area contributed by atoms with Crippen LogP contribution < -0.4 is 0 Å². The Hall–Kier alpha value is -1.57. The average Bonchev–Trinajstić information content (AvgIpc) is 2.74. The minimum Gasteiger partial charge on any atom is -0.410 e. The topological polar surface area (TPSA) is 32.6 Å². The van der Waals surface area contributed by atoms with Crippen molar-refractivity contribution in [3.05, 3.63) is 47.5 Å². The number of hydrogen-bond acceptors (Lipinski definition) is 2. The van der Waals surface area contributed by atoms with Crippen LogP contribution in [0, 0.1) is 0 Å². The first-order chi connectivity index (χ1) is 6.92. The van der Waals surface area contributed by atoms with Gasteiger partial charge in [-0.25, -0.2) is 0 Å². The highest BCUT2D eigenvalue weighted by atomic mass is 16.4. The summed E-state index contributed by atoms with van der Waals surface area (Å²) < 4.78 is 0. The van der Waals surface area contributed by atoms with Crippen molar-refractivity contribution in [2.45, 2.75) is 19.3 Å². The van der Waals surface area contributed by atoms with Crippen LogP contribution in [0.2, 0.25) is 0 Å². The van der Waals surface area contributed by atoms with Crippen molar-refractivity contribution in [3.63, 3.8) is 0 Å². The largest absolute Gasteiger partial charge is 0.410 e. The van der Waals surface area contributed by atoms with E-state index in [0.717, 1.165) is 24.1 Å². The highest BCUT2D eigenvalue weighted by Gasteiger charge is 2.13. The smallest absolute Gasteiger partial charge is 0.112 e. The Morgan fingerprint density at radius 1 is 1.21 bits per heavy atom. The number of oxime groups is 1. The molecule has 0 spiro atoms. The van der Waals surface area contributed by atoms with E-state index < -0.39 is 0 Å². The lowest BCUT2D eigenvalue weighted by molar-refractivity contribution is 0.319. The van der Waals surface area contributed by atoms with Crippen molar-refractivity contribution in [2.24, 2.45) is 5.16 Å². The second-order valence-electron chi connectivity index (χ2n) is 3.44. The molecule has 1 N–H and O–H groups in total. The summed E-state index contributed by atoms with van der Waals surface area (Å²) >= 11 is 0. The fourth-order valence-corrected chi connectivity index (χ4v) is 1.79. The van der Waals surface area contributed by atoms with Crippen molar-refractivity contribution in [1.82, 2.24) is 0 Å². The van der Waals surface area contributed by atoms with Gasteiger partial charge in [0.25, 0.3) is 0 Å². The summed E-state index contributed by atoms with van der Waals surface area (Å²) in [5.74, 6) is 0. The SMILES string of the molecule is O/N=C(/C1=CCCC1)c1ccccc1. The average molecular weight is 187 g/mol. The molecular formula is C12H13NO. The van der Waals surface area contributed by atoms with Crippen LogP contribution in [0.5, 0.6) is 0 Å². The van der Waals surface area contributed by atoms with E-state index in [-0.39, 0.29) is 0 Å². The maximum absolute atomic E-state index is 8.99. The van der Waals surface area contributed by atoms with Gasteiger partial charge in [0.15, 0.2) is 0 Å². The van der Waals surface area contributed by atoms with E-state index in [4.69, 9.17) is 5.21 Å². The fraction of sp³-hybridized carbons (Fsp3) is 0.250. The van der Waals surface area contributed by atoms with Gasteiger partial charge in [-0.05, 0) is 24.8 Å². The van der Waals surface area contributed by atoms with E-state index in [1.165, 1.54) is 12.0 Å². The summed E-state index contributed by atoms with van der Waals surface area (Å²) in [6, 6.07) is 9.80. The monoisotopic (exact) mass is 187 g/mol. The maximum Gasteiger partial charge on any atom is 0.112 e. The zero-order valence-corrected chi connectivity index (χ0v) is 7.98. The maximum atomic E-state index is 8.99. The van der Waals surface area contributed by atoms with E-state index in [0.29, 0.717) is 0 Å². The third-order valence-electron chi connectivity index (χ3n) is 2.49. The van der Waals surface area contributed by atoms with Crippen molar-refractivity contribution < 1.29 is 5.21 Å². The Labute approximate surface area is 83.6 Å². The van der Waals surface area contributed by atoms with E-state index in [2.05, 4.69) is 11.2 Å². The lowest BCUT2D eigenvalue weighted by Crippen LogP contribution is -2.03. The van der Waals surface area contributed by atoms with Crippen LogP contribution in [0.3, 0.4) is 0 Å². The molecule has 14 heavy (non-hydrogen) atoms. The molecule has 0 bridgehead atoms. The molecule has 0 atom stereocenters. The van der Waals surface area contributed by atoms with Crippen LogP contribution in [0.15, 0.2) is 47.1 Å². The fourth-order valence-electron chi connectivity index (χ4n) is 1.79. The predicted molar refractivity (Wildman–Crippen MR) is 56.7 cm³/mol. The van der Waals surface area contributed by atoms with Crippen LogP contribution in [-0.2, 0) is 0 Å². The molecule has 0 unspecified atom stereocenters. The number of rotatable bonds is 2. The van der Waals surface area contributed by atoms with Crippen molar-refractivity contribution in [1.29, 1.82) is 0 Å². The van der Waals surface area contributed by atoms with Crippen LogP contribution in [0.25, 0.3) is 0 Å². The molecule has 1 aliphatic carbocycles. The van der Waals surface area contributed by atoms with Gasteiger partial charge >= 0.3 is 0 Å². The molecule has 0 heterocycles. The van der Waals surface area contributed by atoms with Gasteiger partial charge in [-0.3, -0.25) is 0 Å². The lowest BCUT2D eigenvalue weighted by atomic mass is 10.0. The summed E-state index contributed by atoms with van der Waals surface area (Å²) in [6.07, 6.45) is 5.44. The Morgan fingerprint density at radius 3 is 2.57 bits per heavy atom. The van der Waals surface area contributed by atoms with Crippen LogP contribution in [0.1, 0.15) is 24.8 Å². The number of hydrogen-bond donors (Lipinski definition) is 1. The molecule has 72 valence electrons. The Morgan fingerprint density at radius 2 is 2.00 bits per heavy atom. The van der Waals surface area contributed by atoms with E-state index in [1.807, 2.05) is 30.3 Å². The number of allylic oxidation sites excluding steroid dienone is 2. The summed E-state index contributed by atoms with van der Waals surface area (Å²) in [6.45, 7) is 0. The molecule has 0 aliphatic heterocycles. The summed E-state index contributed by atoms with van der Waals surface area (Å²) in [5.41, 5.74) is 2.88. The Kier molecular flexibility index (Phi) is 2.63. The third kappa shape index (κ3) is 1.69. The molecule has 0 saturated carbocycles. The lowest BCUT2D eigenvalue weighted by Gasteiger charge is -2.04. The van der Waals surface area contributed by atoms with Crippen molar-refractivity contribution in [2.75, 3.05) is 0 Å². The first kappa shape index (κ1) is 9.00. The third-order valence-corrected chi connectivity index (χ3v) is 2.49. The summed E-state index contributed by atoms with van der Waals surface area (Å²) in [4.78, 5) is 0. The van der Waals surface area contributed by atoms with E-state index in [1.54, 1.807) is 0 Å². The van der Waals surface area contributed by atoms with Crippen LogP contribution >= 0.6 is 0 Å². The van der Waals surface area contributed by atoms with Gasteiger partial charge in [0.05, 0.1) is 0 Å². The first-order valence-electron chi connectivity index (χ1n) is 4.88. The highest BCUT2D eigenvalue weighted by molar-refractivity contribution is 6.12. The molecule has 0 radical (unpaired) electrons. The van der Waals surface area contributed by atoms with E-state index in [9.17, 15) is 0 Å². The van der Waals surface area contributed by atoms with E-state index >= 15 is 0 Å². The molecule has 0 amide bonds. The zero-order valence-electron chi connectivity index (χ0n) is 7.98. The normalized spacial score (nSPS) is 16.9. The molecule has 1 aromatic carbocycles. The quantitative estimate of drug-likeness (QED) is 0.431. The number of benzene rings is 1. The molecule has 2 heteroatoms. The standard InChI is InChI=1S/C12H13NO/c14-13-12(11-8-4-5-9-11)10-6-2-1-3-7-10/h1-3,6-8,14H,4-5,9H2/b13-12+. The number of nitrogens with zero attached hydrogens (tertiary/aromatic N) is 1. The Balaban J connectivity index is 2.31. The van der Waals surface area contributed by atoms with Crippen molar-refractivity contribution in [3.8, 4) is 0 Å². The summed E-state index contributed by atoms with van der Waals surface area (Å²) in [5, 5.41) is 12.4. The van der Waals surface area contributed by atoms with Gasteiger partial charge in [-0.2, -0.15) is 0 Å². The summed E-state index contributed by atoms with van der Waals surface area (Å²) in [7, 11) is 0. The molecule has 0 fully saturated rings. The second kappa shape index (κ2) is 4.09. The molecular weight excluding hydrogens is 174 g/mol. The molecule has 2 nitrogen and oxygen atoms in total. The first-order valence-corrected chi connectivity index (χ1v) is 4.88. The van der Waals surface area contributed by atoms with Gasteiger partial charge in [-0.1, -0.05) is 41.6 Å². The highest BCUT2D eigenvalue weighted by Crippen LogP contribution is 2.22. The van der Waals surface area contributed by atoms with Gasteiger partial charge in [0.2, 0.25) is 0 Å². The van der Waals surface area contributed by atoms with Gasteiger partial charge in [0, 0.05) is 5.56 Å². The minimum absolute atomic E-state index is 0.725. The molecule has 0 aromatic heterocycles. The molecule has 2 rings (SSSR count). The Bertz CT molecular complexity index is 365. The van der Waals surface area contributed by atoms with Crippen LogP contribution in [-0.4, -0.2) is 10.9 Å². The molecule has 1 aliphatic rings. The zero-order chi connectivity index (χ0) is 9.80. The van der Waals surface area contributed by atoms with Crippen molar-refractivity contribution >= 4 is 5.71 Å². The van der Waals surface area contributed by atoms with Crippen LogP contribution in [0.4, 0.5) is 0 Å². The van der Waals surface area contributed by atoms with Gasteiger partial charge in [0.1, 0.15) is 5.71 Å². The predicted octanol–water partition coefficient (Wildman–Crippen LogP) is 2.98. The van der Waals surface area contributed by atoms with Gasteiger partial charge < -0.3 is 5.21 Å². The molecule has 1 aromatic rings. The second-order valence-corrected chi connectivity index (χ2v) is 3.44. The molecule has 0 saturated heterocycles. The van der Waals surface area contributed by atoms with Gasteiger partial charge in [-0.15, -0.1) is 0 Å². The minimum atomic E-state index is 0.725.